The Morgan fingerprint density at radius 1 is 1.32 bits per heavy atom. The molecule has 0 radical (unpaired) electrons. The number of benzene rings is 1. The third-order valence-electron chi connectivity index (χ3n) is 3.42. The highest BCUT2D eigenvalue weighted by Gasteiger charge is 2.24. The van der Waals surface area contributed by atoms with Crippen LogP contribution in [0.2, 0.25) is 0 Å². The van der Waals surface area contributed by atoms with E-state index in [0.717, 1.165) is 29.3 Å². The number of aromatic nitrogens is 3. The molecule has 0 saturated carbocycles. The average Bonchev–Trinajstić information content (AvgIpc) is 2.76. The Labute approximate surface area is 112 Å². The SMILES string of the molecule is CCC(OC)c1nnc2n1-c1ccccc1COC2. The van der Waals surface area contributed by atoms with Crippen molar-refractivity contribution in [1.29, 1.82) is 0 Å². The second kappa shape index (κ2) is 5.11. The lowest BCUT2D eigenvalue weighted by atomic mass is 10.1. The van der Waals surface area contributed by atoms with Gasteiger partial charge >= 0.3 is 0 Å². The number of hydrogen-bond donors (Lipinski definition) is 0. The normalized spacial score (nSPS) is 15.5. The minimum atomic E-state index is -0.0487. The lowest BCUT2D eigenvalue weighted by molar-refractivity contribution is 0.0902. The van der Waals surface area contributed by atoms with Crippen molar-refractivity contribution in [2.45, 2.75) is 32.7 Å². The minimum Gasteiger partial charge on any atom is -0.373 e. The first-order chi connectivity index (χ1) is 9.35. The highest BCUT2D eigenvalue weighted by molar-refractivity contribution is 5.43. The molecule has 0 bridgehead atoms. The van der Waals surface area contributed by atoms with E-state index in [0.29, 0.717) is 13.2 Å². The number of fused-ring (bicyclic) bond motifs is 3. The number of hydrogen-bond acceptors (Lipinski definition) is 4. The van der Waals surface area contributed by atoms with Crippen LogP contribution in [-0.2, 0) is 22.7 Å². The third kappa shape index (κ3) is 2.05. The van der Waals surface area contributed by atoms with Crippen molar-refractivity contribution in [2.75, 3.05) is 7.11 Å². The Morgan fingerprint density at radius 2 is 2.16 bits per heavy atom. The van der Waals surface area contributed by atoms with Gasteiger partial charge < -0.3 is 9.47 Å². The summed E-state index contributed by atoms with van der Waals surface area (Å²) in [5, 5.41) is 8.53. The molecule has 1 aliphatic rings. The molecule has 0 saturated heterocycles. The topological polar surface area (TPSA) is 49.2 Å². The molecule has 19 heavy (non-hydrogen) atoms. The number of nitrogens with zero attached hydrogens (tertiary/aromatic N) is 3. The lowest BCUT2D eigenvalue weighted by Gasteiger charge is -2.16. The molecule has 0 amide bonds. The molecule has 2 heterocycles. The van der Waals surface area contributed by atoms with Crippen molar-refractivity contribution in [3.8, 4) is 5.69 Å². The van der Waals surface area contributed by atoms with E-state index in [1.54, 1.807) is 7.11 Å². The number of rotatable bonds is 3. The first-order valence-electron chi connectivity index (χ1n) is 6.48. The summed E-state index contributed by atoms with van der Waals surface area (Å²) in [7, 11) is 1.70. The van der Waals surface area contributed by atoms with Gasteiger partial charge in [-0.05, 0) is 12.5 Å². The Hall–Kier alpha value is -1.72. The van der Waals surface area contributed by atoms with Gasteiger partial charge in [-0.1, -0.05) is 25.1 Å². The molecule has 1 atom stereocenters. The summed E-state index contributed by atoms with van der Waals surface area (Å²) in [6, 6.07) is 8.18. The molecule has 1 aromatic carbocycles. The van der Waals surface area contributed by atoms with E-state index in [1.165, 1.54) is 0 Å². The van der Waals surface area contributed by atoms with Crippen LogP contribution in [0.25, 0.3) is 5.69 Å². The summed E-state index contributed by atoms with van der Waals surface area (Å²) in [4.78, 5) is 0. The summed E-state index contributed by atoms with van der Waals surface area (Å²) >= 11 is 0. The molecule has 0 aliphatic carbocycles. The third-order valence-corrected chi connectivity index (χ3v) is 3.42. The van der Waals surface area contributed by atoms with Gasteiger partial charge in [-0.2, -0.15) is 0 Å². The maximum absolute atomic E-state index is 5.64. The van der Waals surface area contributed by atoms with Crippen LogP contribution in [0, 0.1) is 0 Å². The molecule has 3 rings (SSSR count). The number of ether oxygens (including phenoxy) is 2. The maximum Gasteiger partial charge on any atom is 0.166 e. The van der Waals surface area contributed by atoms with E-state index in [4.69, 9.17) is 9.47 Å². The predicted octanol–water partition coefficient (Wildman–Crippen LogP) is 2.40. The monoisotopic (exact) mass is 259 g/mol. The van der Waals surface area contributed by atoms with Crippen LogP contribution in [0.3, 0.4) is 0 Å². The Balaban J connectivity index is 2.18. The van der Waals surface area contributed by atoms with E-state index in [-0.39, 0.29) is 6.10 Å². The summed E-state index contributed by atoms with van der Waals surface area (Å²) in [6.07, 6.45) is 0.810. The summed E-state index contributed by atoms with van der Waals surface area (Å²) < 4.78 is 13.2. The van der Waals surface area contributed by atoms with Gasteiger partial charge in [0.05, 0.1) is 12.3 Å². The summed E-state index contributed by atoms with van der Waals surface area (Å²) in [6.45, 7) is 3.15. The van der Waals surface area contributed by atoms with Crippen molar-refractivity contribution in [3.63, 3.8) is 0 Å². The fraction of sp³-hybridized carbons (Fsp3) is 0.429. The highest BCUT2D eigenvalue weighted by atomic mass is 16.5. The van der Waals surface area contributed by atoms with Gasteiger partial charge in [-0.25, -0.2) is 0 Å². The van der Waals surface area contributed by atoms with Crippen LogP contribution < -0.4 is 0 Å². The van der Waals surface area contributed by atoms with Crippen molar-refractivity contribution >= 4 is 0 Å². The molecule has 1 unspecified atom stereocenters. The van der Waals surface area contributed by atoms with Gasteiger partial charge in [0.15, 0.2) is 11.6 Å². The first kappa shape index (κ1) is 12.3. The highest BCUT2D eigenvalue weighted by Crippen LogP contribution is 2.27. The smallest absolute Gasteiger partial charge is 0.166 e. The van der Waals surface area contributed by atoms with Gasteiger partial charge in [0.2, 0.25) is 0 Å². The fourth-order valence-electron chi connectivity index (χ4n) is 2.45. The Bertz CT molecular complexity index is 576. The van der Waals surface area contributed by atoms with Crippen molar-refractivity contribution in [1.82, 2.24) is 14.8 Å². The molecule has 1 aliphatic heterocycles. The van der Waals surface area contributed by atoms with Gasteiger partial charge in [-0.3, -0.25) is 4.57 Å². The van der Waals surface area contributed by atoms with E-state index in [9.17, 15) is 0 Å². The summed E-state index contributed by atoms with van der Waals surface area (Å²) in [5.74, 6) is 1.67. The first-order valence-corrected chi connectivity index (χ1v) is 6.48. The van der Waals surface area contributed by atoms with Gasteiger partial charge in [0, 0.05) is 12.7 Å². The van der Waals surface area contributed by atoms with Crippen LogP contribution in [0.15, 0.2) is 24.3 Å². The van der Waals surface area contributed by atoms with Crippen LogP contribution in [0.4, 0.5) is 0 Å². The van der Waals surface area contributed by atoms with Crippen LogP contribution >= 0.6 is 0 Å². The fourth-order valence-corrected chi connectivity index (χ4v) is 2.45. The van der Waals surface area contributed by atoms with Gasteiger partial charge in [0.1, 0.15) is 12.7 Å². The standard InChI is InChI=1S/C14H17N3O2/c1-3-12(18-2)14-16-15-13-9-19-8-10-6-4-5-7-11(10)17(13)14/h4-7,12H,3,8-9H2,1-2H3. The maximum atomic E-state index is 5.64. The van der Waals surface area contributed by atoms with E-state index >= 15 is 0 Å². The lowest BCUT2D eigenvalue weighted by Crippen LogP contribution is -2.11. The molecular formula is C14H17N3O2. The zero-order valence-corrected chi connectivity index (χ0v) is 11.2. The average molecular weight is 259 g/mol. The number of methoxy groups -OCH3 is 1. The zero-order valence-electron chi connectivity index (χ0n) is 11.2. The van der Waals surface area contributed by atoms with Crippen LogP contribution in [-0.4, -0.2) is 21.9 Å². The van der Waals surface area contributed by atoms with E-state index in [2.05, 4.69) is 33.8 Å². The van der Waals surface area contributed by atoms with E-state index in [1.807, 2.05) is 12.1 Å². The Morgan fingerprint density at radius 3 is 2.95 bits per heavy atom. The molecule has 0 fully saturated rings. The number of para-hydroxylation sites is 1. The largest absolute Gasteiger partial charge is 0.373 e. The second-order valence-electron chi connectivity index (χ2n) is 4.56. The molecule has 2 aromatic rings. The van der Waals surface area contributed by atoms with Gasteiger partial charge in [0.25, 0.3) is 0 Å². The second-order valence-corrected chi connectivity index (χ2v) is 4.56. The quantitative estimate of drug-likeness (QED) is 0.849. The zero-order chi connectivity index (χ0) is 13.2. The van der Waals surface area contributed by atoms with Crippen molar-refractivity contribution < 1.29 is 9.47 Å². The van der Waals surface area contributed by atoms with Crippen molar-refractivity contribution in [2.24, 2.45) is 0 Å². The van der Waals surface area contributed by atoms with E-state index < -0.39 is 0 Å². The molecule has 1 aromatic heterocycles. The van der Waals surface area contributed by atoms with Crippen molar-refractivity contribution in [3.05, 3.63) is 41.5 Å². The molecule has 5 heteroatoms. The predicted molar refractivity (Wildman–Crippen MR) is 69.9 cm³/mol. The molecule has 5 nitrogen and oxygen atoms in total. The molecule has 0 N–H and O–H groups in total. The Kier molecular flexibility index (Phi) is 3.31. The molecular weight excluding hydrogens is 242 g/mol. The summed E-state index contributed by atoms with van der Waals surface area (Å²) in [5.41, 5.74) is 2.23. The minimum absolute atomic E-state index is 0.0487. The molecule has 100 valence electrons. The van der Waals surface area contributed by atoms with Gasteiger partial charge in [-0.15, -0.1) is 10.2 Å². The van der Waals surface area contributed by atoms with Crippen LogP contribution in [0.5, 0.6) is 0 Å². The molecule has 0 spiro atoms. The van der Waals surface area contributed by atoms with Crippen LogP contribution in [0.1, 0.15) is 36.7 Å².